The molecule has 0 bridgehead atoms. The first-order valence-electron chi connectivity index (χ1n) is 10.1. The van der Waals surface area contributed by atoms with E-state index in [9.17, 15) is 4.79 Å². The standard InChI is InChI=1S/C21H36O3/c1-4-23-15-19(21(22)24-16(2)3)20(17-11-7-5-8-12-17)18-13-9-6-10-14-18/h16-18H,4-15H2,1-3H3. The van der Waals surface area contributed by atoms with Gasteiger partial charge in [-0.3, -0.25) is 0 Å². The first kappa shape index (κ1) is 19.5. The second-order valence-corrected chi connectivity index (χ2v) is 7.69. The predicted molar refractivity (Wildman–Crippen MR) is 97.9 cm³/mol. The Hall–Kier alpha value is -0.830. The summed E-state index contributed by atoms with van der Waals surface area (Å²) in [4.78, 5) is 12.8. The quantitative estimate of drug-likeness (QED) is 0.459. The number of hydrogen-bond acceptors (Lipinski definition) is 3. The first-order valence-corrected chi connectivity index (χ1v) is 10.1. The summed E-state index contributed by atoms with van der Waals surface area (Å²) in [5.74, 6) is 0.999. The molecule has 0 unspecified atom stereocenters. The van der Waals surface area contributed by atoms with Crippen LogP contribution in [0, 0.1) is 11.8 Å². The minimum absolute atomic E-state index is 0.0758. The summed E-state index contributed by atoms with van der Waals surface area (Å²) in [6.45, 7) is 6.91. The highest BCUT2D eigenvalue weighted by atomic mass is 16.5. The first-order chi connectivity index (χ1) is 11.6. The third-order valence-electron chi connectivity index (χ3n) is 5.48. The molecule has 0 aromatic heterocycles. The van der Waals surface area contributed by atoms with Crippen molar-refractivity contribution < 1.29 is 14.3 Å². The highest BCUT2D eigenvalue weighted by Crippen LogP contribution is 2.41. The smallest absolute Gasteiger partial charge is 0.336 e. The minimum atomic E-state index is -0.135. The van der Waals surface area contributed by atoms with E-state index < -0.39 is 0 Å². The summed E-state index contributed by atoms with van der Waals surface area (Å²) in [6.07, 6.45) is 12.7. The SMILES string of the molecule is CCOCC(C(=O)OC(C)C)=C(C1CCCCC1)C1CCCCC1. The molecule has 2 saturated carbocycles. The molecule has 3 heteroatoms. The largest absolute Gasteiger partial charge is 0.460 e. The molecule has 0 N–H and O–H groups in total. The van der Waals surface area contributed by atoms with Gasteiger partial charge in [-0.15, -0.1) is 0 Å². The Balaban J connectivity index is 2.33. The van der Waals surface area contributed by atoms with Gasteiger partial charge in [-0.25, -0.2) is 4.79 Å². The van der Waals surface area contributed by atoms with E-state index in [0.717, 1.165) is 5.57 Å². The van der Waals surface area contributed by atoms with Crippen LogP contribution in [0.2, 0.25) is 0 Å². The molecule has 0 aromatic rings. The third-order valence-corrected chi connectivity index (χ3v) is 5.48. The van der Waals surface area contributed by atoms with Gasteiger partial charge in [0.1, 0.15) is 0 Å². The lowest BCUT2D eigenvalue weighted by Crippen LogP contribution is -2.26. The molecule has 0 aliphatic heterocycles. The van der Waals surface area contributed by atoms with Crippen molar-refractivity contribution in [2.75, 3.05) is 13.2 Å². The van der Waals surface area contributed by atoms with E-state index in [1.54, 1.807) is 0 Å². The average Bonchev–Trinajstić information content (AvgIpc) is 2.59. The summed E-state index contributed by atoms with van der Waals surface area (Å²) in [5.41, 5.74) is 2.26. The number of allylic oxidation sites excluding steroid dienone is 1. The molecular formula is C21H36O3. The molecule has 2 aliphatic rings. The normalized spacial score (nSPS) is 20.2. The van der Waals surface area contributed by atoms with Crippen molar-refractivity contribution in [1.29, 1.82) is 0 Å². The van der Waals surface area contributed by atoms with Crippen molar-refractivity contribution in [3.05, 3.63) is 11.1 Å². The lowest BCUT2D eigenvalue weighted by molar-refractivity contribution is -0.143. The number of rotatable bonds is 7. The van der Waals surface area contributed by atoms with Gasteiger partial charge in [0, 0.05) is 6.61 Å². The molecule has 0 spiro atoms. The molecule has 3 nitrogen and oxygen atoms in total. The van der Waals surface area contributed by atoms with Gasteiger partial charge in [0.25, 0.3) is 0 Å². The molecular weight excluding hydrogens is 300 g/mol. The molecule has 2 fully saturated rings. The van der Waals surface area contributed by atoms with Gasteiger partial charge in [0.15, 0.2) is 0 Å². The Labute approximate surface area is 148 Å². The van der Waals surface area contributed by atoms with E-state index in [0.29, 0.717) is 25.0 Å². The van der Waals surface area contributed by atoms with E-state index in [4.69, 9.17) is 9.47 Å². The molecule has 0 radical (unpaired) electrons. The minimum Gasteiger partial charge on any atom is -0.460 e. The summed E-state index contributed by atoms with van der Waals surface area (Å²) in [6, 6.07) is 0. The van der Waals surface area contributed by atoms with Crippen LogP contribution in [-0.2, 0) is 14.3 Å². The number of carbonyl (C=O) groups excluding carboxylic acids is 1. The molecule has 0 atom stereocenters. The highest BCUT2D eigenvalue weighted by Gasteiger charge is 2.31. The zero-order chi connectivity index (χ0) is 17.4. The Bertz CT molecular complexity index is 393. The Kier molecular flexibility index (Phi) is 8.31. The maximum absolute atomic E-state index is 12.8. The van der Waals surface area contributed by atoms with Crippen LogP contribution in [0.25, 0.3) is 0 Å². The molecule has 2 rings (SSSR count). The van der Waals surface area contributed by atoms with Gasteiger partial charge in [-0.2, -0.15) is 0 Å². The lowest BCUT2D eigenvalue weighted by atomic mass is 9.72. The van der Waals surface area contributed by atoms with Crippen molar-refractivity contribution in [2.45, 2.75) is 91.1 Å². The Morgan fingerprint density at radius 3 is 1.83 bits per heavy atom. The van der Waals surface area contributed by atoms with E-state index in [1.807, 2.05) is 20.8 Å². The van der Waals surface area contributed by atoms with Crippen LogP contribution in [0.1, 0.15) is 85.0 Å². The van der Waals surface area contributed by atoms with Gasteiger partial charge in [0.2, 0.25) is 0 Å². The van der Waals surface area contributed by atoms with Gasteiger partial charge < -0.3 is 9.47 Å². The van der Waals surface area contributed by atoms with Crippen LogP contribution < -0.4 is 0 Å². The van der Waals surface area contributed by atoms with Crippen molar-refractivity contribution in [1.82, 2.24) is 0 Å². The topological polar surface area (TPSA) is 35.5 Å². The number of carbonyl (C=O) groups is 1. The van der Waals surface area contributed by atoms with Gasteiger partial charge in [-0.05, 0) is 58.3 Å². The fourth-order valence-electron chi connectivity index (χ4n) is 4.40. The van der Waals surface area contributed by atoms with Gasteiger partial charge >= 0.3 is 5.97 Å². The second-order valence-electron chi connectivity index (χ2n) is 7.69. The van der Waals surface area contributed by atoms with Crippen LogP contribution in [0.4, 0.5) is 0 Å². The fourth-order valence-corrected chi connectivity index (χ4v) is 4.40. The second kappa shape index (κ2) is 10.2. The molecule has 0 amide bonds. The summed E-state index contributed by atoms with van der Waals surface area (Å²) in [7, 11) is 0. The van der Waals surface area contributed by atoms with Crippen molar-refractivity contribution in [2.24, 2.45) is 11.8 Å². The fraction of sp³-hybridized carbons (Fsp3) is 0.857. The summed E-state index contributed by atoms with van der Waals surface area (Å²) < 4.78 is 11.3. The molecule has 0 saturated heterocycles. The van der Waals surface area contributed by atoms with Crippen molar-refractivity contribution in [3.8, 4) is 0 Å². The van der Waals surface area contributed by atoms with E-state index in [-0.39, 0.29) is 12.1 Å². The monoisotopic (exact) mass is 336 g/mol. The number of hydrogen-bond donors (Lipinski definition) is 0. The zero-order valence-electron chi connectivity index (χ0n) is 15.9. The third kappa shape index (κ3) is 5.61. The average molecular weight is 337 g/mol. The molecule has 138 valence electrons. The van der Waals surface area contributed by atoms with Crippen LogP contribution in [0.5, 0.6) is 0 Å². The molecule has 2 aliphatic carbocycles. The van der Waals surface area contributed by atoms with Gasteiger partial charge in [0.05, 0.1) is 18.3 Å². The predicted octanol–water partition coefficient (Wildman–Crippen LogP) is 5.43. The molecule has 24 heavy (non-hydrogen) atoms. The van der Waals surface area contributed by atoms with Crippen LogP contribution >= 0.6 is 0 Å². The van der Waals surface area contributed by atoms with Crippen LogP contribution in [-0.4, -0.2) is 25.3 Å². The Morgan fingerprint density at radius 2 is 1.42 bits per heavy atom. The lowest BCUT2D eigenvalue weighted by Gasteiger charge is -2.34. The number of esters is 1. The maximum Gasteiger partial charge on any atom is 0.336 e. The Morgan fingerprint density at radius 1 is 0.917 bits per heavy atom. The zero-order valence-corrected chi connectivity index (χ0v) is 15.9. The maximum atomic E-state index is 12.8. The van der Waals surface area contributed by atoms with Crippen molar-refractivity contribution >= 4 is 5.97 Å². The summed E-state index contributed by atoms with van der Waals surface area (Å²) >= 11 is 0. The summed E-state index contributed by atoms with van der Waals surface area (Å²) in [5, 5.41) is 0. The van der Waals surface area contributed by atoms with E-state index in [2.05, 4.69) is 0 Å². The number of ether oxygens (including phenoxy) is 2. The van der Waals surface area contributed by atoms with Crippen LogP contribution in [0.15, 0.2) is 11.1 Å². The van der Waals surface area contributed by atoms with Gasteiger partial charge in [-0.1, -0.05) is 44.1 Å². The highest BCUT2D eigenvalue weighted by molar-refractivity contribution is 5.90. The molecule has 0 heterocycles. The van der Waals surface area contributed by atoms with Crippen molar-refractivity contribution in [3.63, 3.8) is 0 Å². The van der Waals surface area contributed by atoms with E-state index in [1.165, 1.54) is 69.8 Å². The van der Waals surface area contributed by atoms with E-state index >= 15 is 0 Å². The van der Waals surface area contributed by atoms with Crippen LogP contribution in [0.3, 0.4) is 0 Å². The molecule has 0 aromatic carbocycles.